The van der Waals surface area contributed by atoms with E-state index in [1.807, 2.05) is 0 Å². The molecule has 12 heteroatoms. The average Bonchev–Trinajstić information content (AvgIpc) is 3.60. The number of aliphatic hydroxyl groups excluding tert-OH is 2. The highest BCUT2D eigenvalue weighted by atomic mass is 16.7. The van der Waals surface area contributed by atoms with E-state index in [0.29, 0.717) is 19.3 Å². The van der Waals surface area contributed by atoms with Crippen LogP contribution >= 0.6 is 0 Å². The molecule has 83 heavy (non-hydrogen) atoms. The summed E-state index contributed by atoms with van der Waals surface area (Å²) in [6, 6.07) is 0. The van der Waals surface area contributed by atoms with Crippen molar-refractivity contribution in [1.29, 1.82) is 0 Å². The van der Waals surface area contributed by atoms with Gasteiger partial charge in [-0.1, -0.05) is 282 Å². The molecule has 1 heterocycles. The standard InChI is InChI=1S/C71H128O12/c1-4-7-10-13-16-19-22-25-28-30-32-34-37-39-42-45-48-51-54-57-63(72)79-60-62(81-64(73)58-55-52-49-46-43-40-36-27-24-21-18-15-12-9-6-3)61-80-71-69(67(76)66(75)68(83-71)70(77)78)82-65(74)59-56-53-50-47-44-41-38-35-33-31-29-26-23-20-17-14-11-8-5-2/h17,20,25-26,28-29,62,66-69,71,75-76H,4-16,18-19,21-24,27,30-61H2,1-3H3,(H,77,78)/b20-17-,28-25-,29-26-. The molecule has 1 fully saturated rings. The molecule has 0 saturated carbocycles. The van der Waals surface area contributed by atoms with E-state index in [1.54, 1.807) is 0 Å². The smallest absolute Gasteiger partial charge is 0.335 e. The molecule has 3 N–H and O–H groups in total. The molecule has 1 saturated heterocycles. The molecule has 6 atom stereocenters. The Hall–Kier alpha value is -3.06. The molecule has 6 unspecified atom stereocenters. The highest BCUT2D eigenvalue weighted by molar-refractivity contribution is 5.74. The number of allylic oxidation sites excluding steroid dienone is 6. The summed E-state index contributed by atoms with van der Waals surface area (Å²) in [6.45, 7) is 6.03. The monoisotopic (exact) mass is 1170 g/mol. The topological polar surface area (TPSA) is 175 Å². The van der Waals surface area contributed by atoms with Gasteiger partial charge in [0.15, 0.2) is 24.6 Å². The van der Waals surface area contributed by atoms with Gasteiger partial charge in [-0.2, -0.15) is 0 Å². The summed E-state index contributed by atoms with van der Waals surface area (Å²) in [5.41, 5.74) is 0. The van der Waals surface area contributed by atoms with Crippen LogP contribution in [0, 0.1) is 0 Å². The van der Waals surface area contributed by atoms with Crippen molar-refractivity contribution < 1.29 is 58.2 Å². The van der Waals surface area contributed by atoms with E-state index in [1.165, 1.54) is 205 Å². The first kappa shape index (κ1) is 78.0. The highest BCUT2D eigenvalue weighted by Gasteiger charge is 2.50. The number of unbranched alkanes of at least 4 members (excludes halogenated alkanes) is 41. The summed E-state index contributed by atoms with van der Waals surface area (Å²) in [4.78, 5) is 51.4. The zero-order valence-corrected chi connectivity index (χ0v) is 53.7. The lowest BCUT2D eigenvalue weighted by Crippen LogP contribution is -2.61. The average molecular weight is 1170 g/mol. The third kappa shape index (κ3) is 48.7. The maximum Gasteiger partial charge on any atom is 0.335 e. The Morgan fingerprint density at radius 3 is 1.12 bits per heavy atom. The van der Waals surface area contributed by atoms with Crippen molar-refractivity contribution >= 4 is 23.9 Å². The number of ether oxygens (including phenoxy) is 5. The van der Waals surface area contributed by atoms with E-state index in [-0.39, 0.29) is 25.9 Å². The summed E-state index contributed by atoms with van der Waals surface area (Å²) >= 11 is 0. The summed E-state index contributed by atoms with van der Waals surface area (Å²) in [6.07, 6.45) is 59.5. The Morgan fingerprint density at radius 2 is 0.723 bits per heavy atom. The lowest BCUT2D eigenvalue weighted by molar-refractivity contribution is -0.301. The molecule has 484 valence electrons. The van der Waals surface area contributed by atoms with Crippen LogP contribution in [-0.2, 0) is 42.9 Å². The summed E-state index contributed by atoms with van der Waals surface area (Å²) < 4.78 is 28.6. The van der Waals surface area contributed by atoms with Crippen molar-refractivity contribution in [3.05, 3.63) is 36.5 Å². The fourth-order valence-corrected chi connectivity index (χ4v) is 10.8. The van der Waals surface area contributed by atoms with Gasteiger partial charge in [-0.3, -0.25) is 14.4 Å². The Labute approximate surface area is 508 Å². The fourth-order valence-electron chi connectivity index (χ4n) is 10.8. The van der Waals surface area contributed by atoms with Gasteiger partial charge in [0, 0.05) is 19.3 Å². The molecule has 0 aromatic heterocycles. The van der Waals surface area contributed by atoms with E-state index in [2.05, 4.69) is 57.2 Å². The number of carbonyl (C=O) groups excluding carboxylic acids is 3. The molecule has 0 aromatic rings. The van der Waals surface area contributed by atoms with Gasteiger partial charge >= 0.3 is 23.9 Å². The van der Waals surface area contributed by atoms with Gasteiger partial charge in [0.1, 0.15) is 18.8 Å². The summed E-state index contributed by atoms with van der Waals surface area (Å²) in [5, 5.41) is 31.7. The molecule has 12 nitrogen and oxygen atoms in total. The molecule has 0 bridgehead atoms. The number of carboxylic acid groups (broad SMARTS) is 1. The van der Waals surface area contributed by atoms with Crippen LogP contribution in [0.5, 0.6) is 0 Å². The zero-order chi connectivity index (χ0) is 60.3. The minimum absolute atomic E-state index is 0.0593. The van der Waals surface area contributed by atoms with Gasteiger partial charge in [0.2, 0.25) is 0 Å². The second-order valence-electron chi connectivity index (χ2n) is 24.2. The van der Waals surface area contributed by atoms with Crippen LogP contribution in [0.15, 0.2) is 36.5 Å². The van der Waals surface area contributed by atoms with Crippen LogP contribution in [0.4, 0.5) is 0 Å². The number of hydrogen-bond acceptors (Lipinski definition) is 11. The quantitative estimate of drug-likeness (QED) is 0.0228. The highest BCUT2D eigenvalue weighted by Crippen LogP contribution is 2.27. The Morgan fingerprint density at radius 1 is 0.398 bits per heavy atom. The molecule has 0 radical (unpaired) electrons. The normalized spacial score (nSPS) is 17.7. The number of carbonyl (C=O) groups is 4. The van der Waals surface area contributed by atoms with Crippen molar-refractivity contribution in [2.75, 3.05) is 13.2 Å². The predicted octanol–water partition coefficient (Wildman–Crippen LogP) is 19.1. The van der Waals surface area contributed by atoms with Crippen molar-refractivity contribution in [2.24, 2.45) is 0 Å². The minimum atomic E-state index is -1.90. The van der Waals surface area contributed by atoms with Crippen LogP contribution in [0.1, 0.15) is 342 Å². The first-order valence-corrected chi connectivity index (χ1v) is 35.0. The predicted molar refractivity (Wildman–Crippen MR) is 340 cm³/mol. The largest absolute Gasteiger partial charge is 0.479 e. The van der Waals surface area contributed by atoms with Crippen LogP contribution in [0.25, 0.3) is 0 Å². The van der Waals surface area contributed by atoms with Crippen LogP contribution in [0.3, 0.4) is 0 Å². The SMILES string of the molecule is CCCCC/C=C\C/C=C\CCCCCCCCCCCC(=O)OC1C(OCC(COC(=O)CCCCCCCCCCC/C=C\CCCCCCCC)OC(=O)CCCCCCCCCCCCCCCCC)OC(C(=O)O)C(O)C1O. The first-order chi connectivity index (χ1) is 40.6. The second-order valence-corrected chi connectivity index (χ2v) is 24.2. The molecule has 0 aromatic carbocycles. The summed E-state index contributed by atoms with van der Waals surface area (Å²) in [5.74, 6) is -3.09. The molecule has 1 aliphatic heterocycles. The third-order valence-electron chi connectivity index (χ3n) is 16.2. The Bertz CT molecular complexity index is 1580. The van der Waals surface area contributed by atoms with Crippen molar-refractivity contribution in [3.8, 4) is 0 Å². The van der Waals surface area contributed by atoms with E-state index in [4.69, 9.17) is 23.7 Å². The minimum Gasteiger partial charge on any atom is -0.479 e. The van der Waals surface area contributed by atoms with Gasteiger partial charge in [-0.15, -0.1) is 0 Å². The van der Waals surface area contributed by atoms with Gasteiger partial charge in [-0.05, 0) is 77.0 Å². The van der Waals surface area contributed by atoms with Gasteiger partial charge < -0.3 is 39.0 Å². The molecule has 0 aliphatic carbocycles. The zero-order valence-electron chi connectivity index (χ0n) is 53.7. The molecular formula is C71H128O12. The maximum absolute atomic E-state index is 13.2. The molecular weight excluding hydrogens is 1040 g/mol. The van der Waals surface area contributed by atoms with Crippen LogP contribution in [0.2, 0.25) is 0 Å². The summed E-state index contributed by atoms with van der Waals surface area (Å²) in [7, 11) is 0. The number of hydrogen-bond donors (Lipinski definition) is 3. The van der Waals surface area contributed by atoms with E-state index in [9.17, 15) is 34.5 Å². The van der Waals surface area contributed by atoms with E-state index >= 15 is 0 Å². The Balaban J connectivity index is 2.61. The number of aliphatic carboxylic acids is 1. The molecule has 1 rings (SSSR count). The Kier molecular flexibility index (Phi) is 55.7. The van der Waals surface area contributed by atoms with Crippen molar-refractivity contribution in [3.63, 3.8) is 0 Å². The molecule has 0 spiro atoms. The fraction of sp³-hybridized carbons (Fsp3) is 0.859. The van der Waals surface area contributed by atoms with E-state index in [0.717, 1.165) is 77.0 Å². The number of carboxylic acids is 1. The number of rotatable bonds is 61. The number of esters is 3. The van der Waals surface area contributed by atoms with Crippen molar-refractivity contribution in [1.82, 2.24) is 0 Å². The molecule has 1 aliphatic rings. The van der Waals surface area contributed by atoms with Gasteiger partial charge in [0.25, 0.3) is 0 Å². The van der Waals surface area contributed by atoms with Crippen LogP contribution < -0.4 is 0 Å². The second kappa shape index (κ2) is 59.3. The first-order valence-electron chi connectivity index (χ1n) is 35.0. The number of aliphatic hydroxyl groups is 2. The van der Waals surface area contributed by atoms with E-state index < -0.39 is 67.3 Å². The van der Waals surface area contributed by atoms with Gasteiger partial charge in [-0.25, -0.2) is 4.79 Å². The van der Waals surface area contributed by atoms with Crippen molar-refractivity contribution in [2.45, 2.75) is 379 Å². The van der Waals surface area contributed by atoms with Gasteiger partial charge in [0.05, 0.1) is 6.61 Å². The maximum atomic E-state index is 13.2. The van der Waals surface area contributed by atoms with Crippen LogP contribution in [-0.4, -0.2) is 89.2 Å². The lowest BCUT2D eigenvalue weighted by atomic mass is 9.98. The lowest BCUT2D eigenvalue weighted by Gasteiger charge is -2.40. The molecule has 0 amide bonds. The third-order valence-corrected chi connectivity index (χ3v) is 16.2.